The average molecular weight is 375 g/mol. The molecule has 0 fully saturated rings. The highest BCUT2D eigenvalue weighted by atomic mass is 35.5. The van der Waals surface area contributed by atoms with E-state index in [1.54, 1.807) is 0 Å². The Morgan fingerprint density at radius 3 is 2.39 bits per heavy atom. The molecule has 0 radical (unpaired) electrons. The van der Waals surface area contributed by atoms with Gasteiger partial charge in [0.25, 0.3) is 0 Å². The number of hydrogen-bond acceptors (Lipinski definition) is 5. The molecule has 23 heavy (non-hydrogen) atoms. The van der Waals surface area contributed by atoms with Crippen LogP contribution < -0.4 is 15.2 Å². The maximum absolute atomic E-state index is 12.2. The largest absolute Gasteiger partial charge is 0.377 e. The second-order valence-corrected chi connectivity index (χ2v) is 6.70. The molecule has 3 N–H and O–H groups in total. The Hall–Kier alpha value is -1.80. The number of benzene rings is 2. The van der Waals surface area contributed by atoms with Crippen molar-refractivity contribution in [2.24, 2.45) is 5.73 Å². The van der Waals surface area contributed by atoms with Crippen molar-refractivity contribution >= 4 is 44.9 Å². The molecule has 0 aliphatic carbocycles. The number of hydrogen-bond donors (Lipinski definition) is 2. The molecule has 0 saturated carbocycles. The first kappa shape index (κ1) is 17.6. The van der Waals surface area contributed by atoms with Gasteiger partial charge in [0.15, 0.2) is 5.75 Å². The van der Waals surface area contributed by atoms with Crippen molar-refractivity contribution in [1.29, 1.82) is 0 Å². The monoisotopic (exact) mass is 374 g/mol. The van der Waals surface area contributed by atoms with Gasteiger partial charge < -0.3 is 15.2 Å². The summed E-state index contributed by atoms with van der Waals surface area (Å²) in [5.74, 6) is -0.456. The van der Waals surface area contributed by atoms with Crippen LogP contribution >= 0.6 is 23.2 Å². The highest BCUT2D eigenvalue weighted by molar-refractivity contribution is 7.87. The van der Waals surface area contributed by atoms with Crippen LogP contribution in [-0.4, -0.2) is 20.9 Å². The lowest BCUT2D eigenvalue weighted by Gasteiger charge is -2.10. The van der Waals surface area contributed by atoms with Gasteiger partial charge in [-0.25, -0.2) is 0 Å². The van der Waals surface area contributed by atoms with Crippen LogP contribution in [0.15, 0.2) is 47.4 Å². The lowest BCUT2D eigenvalue weighted by Crippen LogP contribution is -2.21. The van der Waals surface area contributed by atoms with E-state index >= 15 is 0 Å². The SMILES string of the molecule is NCC(=O)Nc1ccc(S(=O)(=O)Oc2cccc(Cl)c2Cl)cc1. The van der Waals surface area contributed by atoms with E-state index in [4.69, 9.17) is 33.1 Å². The first-order valence-electron chi connectivity index (χ1n) is 6.32. The Morgan fingerprint density at radius 2 is 1.78 bits per heavy atom. The number of carbonyl (C=O) groups is 1. The third kappa shape index (κ3) is 4.35. The standard InChI is InChI=1S/C14H12Cl2N2O4S/c15-11-2-1-3-12(14(11)16)22-23(20,21)10-6-4-9(5-7-10)18-13(19)8-17/h1-7H,8,17H2,(H,18,19). The van der Waals surface area contributed by atoms with E-state index < -0.39 is 10.1 Å². The first-order valence-corrected chi connectivity index (χ1v) is 8.48. The van der Waals surface area contributed by atoms with E-state index in [0.29, 0.717) is 5.69 Å². The number of nitrogens with two attached hydrogens (primary N) is 1. The summed E-state index contributed by atoms with van der Waals surface area (Å²) in [6.07, 6.45) is 0. The molecule has 2 rings (SSSR count). The van der Waals surface area contributed by atoms with Gasteiger partial charge in [-0.1, -0.05) is 29.3 Å². The molecule has 6 nitrogen and oxygen atoms in total. The Bertz CT molecular complexity index is 823. The number of amides is 1. The van der Waals surface area contributed by atoms with Crippen LogP contribution in [0.3, 0.4) is 0 Å². The predicted octanol–water partition coefficient (Wildman–Crippen LogP) is 2.66. The summed E-state index contributed by atoms with van der Waals surface area (Å²) >= 11 is 11.7. The van der Waals surface area contributed by atoms with Crippen LogP contribution in [0, 0.1) is 0 Å². The zero-order valence-corrected chi connectivity index (χ0v) is 14.0. The Morgan fingerprint density at radius 1 is 1.13 bits per heavy atom. The molecule has 0 atom stereocenters. The maximum atomic E-state index is 12.2. The van der Waals surface area contributed by atoms with Crippen molar-refractivity contribution in [2.45, 2.75) is 4.90 Å². The summed E-state index contributed by atoms with van der Waals surface area (Å²) in [4.78, 5) is 11.1. The van der Waals surface area contributed by atoms with E-state index in [1.165, 1.54) is 42.5 Å². The number of nitrogens with one attached hydrogen (secondary N) is 1. The van der Waals surface area contributed by atoms with Crippen LogP contribution in [-0.2, 0) is 14.9 Å². The minimum absolute atomic E-state index is 0.00423. The lowest BCUT2D eigenvalue weighted by atomic mass is 10.3. The highest BCUT2D eigenvalue weighted by Gasteiger charge is 2.19. The molecule has 0 spiro atoms. The molecule has 0 aliphatic rings. The summed E-state index contributed by atoms with van der Waals surface area (Å²) in [5, 5.41) is 2.68. The quantitative estimate of drug-likeness (QED) is 0.783. The highest BCUT2D eigenvalue weighted by Crippen LogP contribution is 2.33. The molecule has 2 aromatic rings. The van der Waals surface area contributed by atoms with Gasteiger partial charge >= 0.3 is 10.1 Å². The van der Waals surface area contributed by atoms with E-state index in [2.05, 4.69) is 5.32 Å². The minimum Gasteiger partial charge on any atom is -0.377 e. The van der Waals surface area contributed by atoms with Crippen LogP contribution in [0.25, 0.3) is 0 Å². The second kappa shape index (κ2) is 7.18. The molecule has 0 heterocycles. The van der Waals surface area contributed by atoms with Crippen molar-refractivity contribution in [3.8, 4) is 5.75 Å². The van der Waals surface area contributed by atoms with Gasteiger partial charge in [0.2, 0.25) is 5.91 Å². The molecule has 1 amide bonds. The first-order chi connectivity index (χ1) is 10.8. The van der Waals surface area contributed by atoms with Gasteiger partial charge in [-0.05, 0) is 36.4 Å². The van der Waals surface area contributed by atoms with Gasteiger partial charge in [0, 0.05) is 5.69 Å². The number of rotatable bonds is 5. The predicted molar refractivity (Wildman–Crippen MR) is 88.4 cm³/mol. The molecular weight excluding hydrogens is 363 g/mol. The van der Waals surface area contributed by atoms with Crippen molar-refractivity contribution in [1.82, 2.24) is 0 Å². The molecule has 9 heteroatoms. The van der Waals surface area contributed by atoms with Gasteiger partial charge in [0.1, 0.15) is 9.92 Å². The molecule has 2 aromatic carbocycles. The van der Waals surface area contributed by atoms with E-state index in [0.717, 1.165) is 0 Å². The van der Waals surface area contributed by atoms with Gasteiger partial charge in [0.05, 0.1) is 11.6 Å². The molecule has 0 bridgehead atoms. The third-order valence-electron chi connectivity index (χ3n) is 2.73. The molecule has 0 aliphatic heterocycles. The van der Waals surface area contributed by atoms with E-state index in [-0.39, 0.29) is 33.1 Å². The van der Waals surface area contributed by atoms with Gasteiger partial charge in [-0.15, -0.1) is 0 Å². The normalized spacial score (nSPS) is 11.1. The van der Waals surface area contributed by atoms with Crippen molar-refractivity contribution in [2.75, 3.05) is 11.9 Å². The molecule has 0 saturated heterocycles. The van der Waals surface area contributed by atoms with Crippen molar-refractivity contribution < 1.29 is 17.4 Å². The summed E-state index contributed by atoms with van der Waals surface area (Å²) in [5.41, 5.74) is 5.60. The topological polar surface area (TPSA) is 98.5 Å². The third-order valence-corrected chi connectivity index (χ3v) is 4.78. The fraction of sp³-hybridized carbons (Fsp3) is 0.0714. The molecule has 0 unspecified atom stereocenters. The lowest BCUT2D eigenvalue weighted by molar-refractivity contribution is -0.114. The van der Waals surface area contributed by atoms with Gasteiger partial charge in [-0.2, -0.15) is 8.42 Å². The van der Waals surface area contributed by atoms with Crippen LogP contribution in [0.2, 0.25) is 10.0 Å². The summed E-state index contributed by atoms with van der Waals surface area (Å²) < 4.78 is 29.4. The maximum Gasteiger partial charge on any atom is 0.339 e. The van der Waals surface area contributed by atoms with Crippen molar-refractivity contribution in [3.05, 3.63) is 52.5 Å². The van der Waals surface area contributed by atoms with E-state index in [9.17, 15) is 13.2 Å². The summed E-state index contributed by atoms with van der Waals surface area (Å²) in [6.45, 7) is -0.170. The fourth-order valence-corrected chi connectivity index (χ4v) is 2.95. The zero-order valence-electron chi connectivity index (χ0n) is 11.6. The van der Waals surface area contributed by atoms with Crippen molar-refractivity contribution in [3.63, 3.8) is 0 Å². The fourth-order valence-electron chi connectivity index (χ4n) is 1.63. The minimum atomic E-state index is -4.08. The Balaban J connectivity index is 2.23. The van der Waals surface area contributed by atoms with Crippen LogP contribution in [0.1, 0.15) is 0 Å². The zero-order chi connectivity index (χ0) is 17.0. The van der Waals surface area contributed by atoms with E-state index in [1.807, 2.05) is 0 Å². The Kier molecular flexibility index (Phi) is 5.48. The molecule has 122 valence electrons. The number of anilines is 1. The second-order valence-electron chi connectivity index (χ2n) is 4.37. The number of halogens is 2. The molecule has 0 aromatic heterocycles. The van der Waals surface area contributed by atoms with Crippen LogP contribution in [0.5, 0.6) is 5.75 Å². The Labute approximate surface area is 143 Å². The summed E-state index contributed by atoms with van der Waals surface area (Å²) in [7, 11) is -4.08. The molecular formula is C14H12Cl2N2O4S. The average Bonchev–Trinajstić information content (AvgIpc) is 2.52. The van der Waals surface area contributed by atoms with Gasteiger partial charge in [-0.3, -0.25) is 4.79 Å². The summed E-state index contributed by atoms with van der Waals surface area (Å²) in [6, 6.07) is 9.84. The smallest absolute Gasteiger partial charge is 0.339 e. The van der Waals surface area contributed by atoms with Crippen LogP contribution in [0.4, 0.5) is 5.69 Å². The number of carbonyl (C=O) groups excluding carboxylic acids is 1.